The maximum absolute atomic E-state index is 14.8. The fraction of sp³-hybridized carbons (Fsp3) is 0.536. The number of unbranched alkanes of at least 4 members (excludes halogenated alkanes) is 4. The van der Waals surface area contributed by atoms with Crippen molar-refractivity contribution < 1.29 is 8.78 Å². The lowest BCUT2D eigenvalue weighted by Gasteiger charge is -2.13. The largest absolute Gasteiger partial charge is 0.311 e. The van der Waals surface area contributed by atoms with Gasteiger partial charge in [-0.2, -0.15) is 14.0 Å². The van der Waals surface area contributed by atoms with Crippen LogP contribution >= 0.6 is 0 Å². The average molecular weight is 525 g/mol. The van der Waals surface area contributed by atoms with Gasteiger partial charge in [-0.1, -0.05) is 58.6 Å². The van der Waals surface area contributed by atoms with E-state index in [2.05, 4.69) is 55.2 Å². The third-order valence-electron chi connectivity index (χ3n) is 6.77. The number of hydrogen-bond acceptors (Lipinski definition) is 5. The van der Waals surface area contributed by atoms with Crippen molar-refractivity contribution >= 4 is 0 Å². The van der Waals surface area contributed by atoms with Gasteiger partial charge in [0.05, 0.1) is 12.2 Å². The summed E-state index contributed by atoms with van der Waals surface area (Å²) >= 11 is 0. The molecule has 0 radical (unpaired) electrons. The van der Waals surface area contributed by atoms with Crippen LogP contribution in [-0.2, 0) is 25.3 Å². The Hall–Kier alpha value is -3.43. The van der Waals surface area contributed by atoms with Gasteiger partial charge in [0.2, 0.25) is 11.6 Å². The molecule has 0 fully saturated rings. The van der Waals surface area contributed by atoms with Crippen LogP contribution in [0.25, 0.3) is 17.2 Å². The van der Waals surface area contributed by atoms with Gasteiger partial charge in [-0.15, -0.1) is 15.3 Å². The molecule has 0 saturated heterocycles. The van der Waals surface area contributed by atoms with Crippen molar-refractivity contribution in [3.05, 3.63) is 59.3 Å². The van der Waals surface area contributed by atoms with Crippen LogP contribution in [0.2, 0.25) is 0 Å². The molecule has 1 aromatic carbocycles. The Morgan fingerprint density at radius 1 is 0.868 bits per heavy atom. The molecule has 0 bridgehead atoms. The number of nitrogens with zero attached hydrogens (tertiary/aromatic N) is 7. The van der Waals surface area contributed by atoms with Gasteiger partial charge >= 0.3 is 5.92 Å². The van der Waals surface area contributed by atoms with Crippen LogP contribution in [0.3, 0.4) is 0 Å². The van der Waals surface area contributed by atoms with Crippen molar-refractivity contribution in [1.82, 2.24) is 40.0 Å². The Labute approximate surface area is 222 Å². The molecule has 10 heteroatoms. The van der Waals surface area contributed by atoms with E-state index in [1.165, 1.54) is 12.1 Å². The van der Waals surface area contributed by atoms with E-state index in [0.717, 1.165) is 49.0 Å². The molecule has 0 saturated carbocycles. The Balaban J connectivity index is 1.60. The molecular formula is C28H38F2N8. The summed E-state index contributed by atoms with van der Waals surface area (Å²) in [6.07, 6.45) is 7.76. The first-order valence-corrected chi connectivity index (χ1v) is 13.8. The monoisotopic (exact) mass is 524 g/mol. The first kappa shape index (κ1) is 27.6. The van der Waals surface area contributed by atoms with Crippen LogP contribution in [0, 0.1) is 0 Å². The zero-order chi connectivity index (χ0) is 27.0. The van der Waals surface area contributed by atoms with Gasteiger partial charge in [-0.25, -0.2) is 9.67 Å². The molecule has 0 spiro atoms. The Morgan fingerprint density at radius 3 is 2.32 bits per heavy atom. The SMILES string of the molecule is CCCCCc1ccc(-c2nn[nH]n2)n1-c1ccc(Cn2nc(C(F)(F)CCCC)nc2CCCC)cc1. The zero-order valence-electron chi connectivity index (χ0n) is 22.6. The molecule has 1 N–H and O–H groups in total. The highest BCUT2D eigenvalue weighted by atomic mass is 19.3. The second kappa shape index (κ2) is 12.9. The number of tetrazole rings is 1. The lowest BCUT2D eigenvalue weighted by Crippen LogP contribution is -2.16. The van der Waals surface area contributed by atoms with Crippen LogP contribution in [0.5, 0.6) is 0 Å². The van der Waals surface area contributed by atoms with Crippen molar-refractivity contribution in [2.45, 2.75) is 97.4 Å². The number of halogens is 2. The maximum atomic E-state index is 14.8. The molecule has 3 heterocycles. The van der Waals surface area contributed by atoms with Crippen LogP contribution < -0.4 is 0 Å². The lowest BCUT2D eigenvalue weighted by molar-refractivity contribution is -0.0245. The van der Waals surface area contributed by atoms with E-state index >= 15 is 0 Å². The van der Waals surface area contributed by atoms with E-state index < -0.39 is 5.92 Å². The minimum Gasteiger partial charge on any atom is -0.311 e. The number of alkyl halides is 2. The molecule has 204 valence electrons. The molecule has 0 aliphatic heterocycles. The number of aromatic amines is 1. The second-order valence-electron chi connectivity index (χ2n) is 9.83. The third kappa shape index (κ3) is 6.52. The van der Waals surface area contributed by atoms with E-state index in [1.54, 1.807) is 4.68 Å². The second-order valence-corrected chi connectivity index (χ2v) is 9.83. The fourth-order valence-corrected chi connectivity index (χ4v) is 4.59. The first-order valence-electron chi connectivity index (χ1n) is 13.8. The summed E-state index contributed by atoms with van der Waals surface area (Å²) in [4.78, 5) is 4.29. The van der Waals surface area contributed by atoms with Gasteiger partial charge in [0.25, 0.3) is 0 Å². The van der Waals surface area contributed by atoms with Crippen molar-refractivity contribution in [2.24, 2.45) is 0 Å². The lowest BCUT2D eigenvalue weighted by atomic mass is 10.1. The summed E-state index contributed by atoms with van der Waals surface area (Å²) in [5.74, 6) is -2.22. The van der Waals surface area contributed by atoms with Crippen molar-refractivity contribution in [1.29, 1.82) is 0 Å². The highest BCUT2D eigenvalue weighted by Gasteiger charge is 2.36. The summed E-state index contributed by atoms with van der Waals surface area (Å²) in [6, 6.07) is 12.3. The highest BCUT2D eigenvalue weighted by Crippen LogP contribution is 2.32. The van der Waals surface area contributed by atoms with Gasteiger partial charge in [-0.05, 0) is 60.7 Å². The molecule has 4 rings (SSSR count). The Morgan fingerprint density at radius 2 is 1.63 bits per heavy atom. The van der Waals surface area contributed by atoms with E-state index in [9.17, 15) is 8.78 Å². The standard InChI is InChI=1S/C28H38F2N8/c1-4-7-10-11-22-17-18-24(26-32-35-36-33-26)38(22)23-15-13-21(14-16-23)20-37-25(12-8-5-2)31-27(34-37)28(29,30)19-9-6-3/h13-18H,4-12,19-20H2,1-3H3,(H,32,33,35,36). The number of aromatic nitrogens is 8. The normalized spacial score (nSPS) is 11.9. The van der Waals surface area contributed by atoms with Crippen LogP contribution in [0.1, 0.15) is 95.0 Å². The highest BCUT2D eigenvalue weighted by molar-refractivity contribution is 5.56. The third-order valence-corrected chi connectivity index (χ3v) is 6.77. The predicted octanol–water partition coefficient (Wildman–Crippen LogP) is 6.65. The average Bonchev–Trinajstić information content (AvgIpc) is 3.67. The molecule has 0 amide bonds. The molecule has 0 atom stereocenters. The number of hydrogen-bond donors (Lipinski definition) is 1. The molecule has 0 aliphatic carbocycles. The van der Waals surface area contributed by atoms with E-state index in [-0.39, 0.29) is 12.2 Å². The summed E-state index contributed by atoms with van der Waals surface area (Å²) in [6.45, 7) is 6.58. The number of nitrogens with one attached hydrogen (secondary N) is 1. The van der Waals surface area contributed by atoms with Crippen molar-refractivity contribution in [3.8, 4) is 17.2 Å². The van der Waals surface area contributed by atoms with E-state index in [4.69, 9.17) is 0 Å². The number of rotatable bonds is 15. The van der Waals surface area contributed by atoms with Crippen molar-refractivity contribution in [2.75, 3.05) is 0 Å². The van der Waals surface area contributed by atoms with Gasteiger partial charge in [0.1, 0.15) is 5.82 Å². The topological polar surface area (TPSA) is 90.1 Å². The fourth-order valence-electron chi connectivity index (χ4n) is 4.59. The van der Waals surface area contributed by atoms with Crippen LogP contribution in [0.4, 0.5) is 8.78 Å². The number of H-pyrrole nitrogens is 1. The van der Waals surface area contributed by atoms with Gasteiger partial charge in [0.15, 0.2) is 0 Å². The van der Waals surface area contributed by atoms with Gasteiger partial charge in [-0.3, -0.25) is 0 Å². The summed E-state index contributed by atoms with van der Waals surface area (Å²) in [5, 5.41) is 18.9. The van der Waals surface area contributed by atoms with E-state index in [1.807, 2.05) is 37.3 Å². The smallest absolute Gasteiger partial charge is 0.308 e. The summed E-state index contributed by atoms with van der Waals surface area (Å²) in [5.41, 5.74) is 4.01. The quantitative estimate of drug-likeness (QED) is 0.176. The van der Waals surface area contributed by atoms with Crippen molar-refractivity contribution in [3.63, 3.8) is 0 Å². The zero-order valence-corrected chi connectivity index (χ0v) is 22.6. The minimum atomic E-state index is -3.01. The molecule has 0 aliphatic rings. The number of benzene rings is 1. The van der Waals surface area contributed by atoms with Gasteiger partial charge < -0.3 is 4.57 Å². The Kier molecular flexibility index (Phi) is 9.36. The molecule has 38 heavy (non-hydrogen) atoms. The van der Waals surface area contributed by atoms with Crippen LogP contribution in [0.15, 0.2) is 36.4 Å². The molecule has 4 aromatic rings. The predicted molar refractivity (Wildman–Crippen MR) is 143 cm³/mol. The number of aryl methyl sites for hydroxylation is 2. The summed E-state index contributed by atoms with van der Waals surface area (Å²) < 4.78 is 33.3. The maximum Gasteiger partial charge on any atom is 0.308 e. The van der Waals surface area contributed by atoms with E-state index in [0.29, 0.717) is 37.5 Å². The summed E-state index contributed by atoms with van der Waals surface area (Å²) in [7, 11) is 0. The first-order chi connectivity index (χ1) is 18.5. The minimum absolute atomic E-state index is 0.227. The molecule has 8 nitrogen and oxygen atoms in total. The molecule has 0 unspecified atom stereocenters. The molecular weight excluding hydrogens is 486 g/mol. The van der Waals surface area contributed by atoms with Gasteiger partial charge in [0, 0.05) is 24.2 Å². The Bertz CT molecular complexity index is 1260. The molecule has 3 aromatic heterocycles. The van der Waals surface area contributed by atoms with Crippen LogP contribution in [-0.4, -0.2) is 40.0 Å².